The van der Waals surface area contributed by atoms with Crippen molar-refractivity contribution in [3.8, 4) is 28.9 Å². The smallest absolute Gasteiger partial charge is 0.258 e. The van der Waals surface area contributed by atoms with Gasteiger partial charge < -0.3 is 9.84 Å². The van der Waals surface area contributed by atoms with Gasteiger partial charge in [0.15, 0.2) is 0 Å². The molecule has 0 fully saturated rings. The number of carbonyl (C=O) groups excluding carboxylic acids is 1. The Morgan fingerprint density at radius 3 is 2.24 bits per heavy atom. The quantitative estimate of drug-likeness (QED) is 0.552. The summed E-state index contributed by atoms with van der Waals surface area (Å²) >= 11 is 0. The zero-order valence-corrected chi connectivity index (χ0v) is 15.0. The summed E-state index contributed by atoms with van der Waals surface area (Å²) in [5.41, 5.74) is 2.86. The molecule has 1 aromatic heterocycles. The highest BCUT2D eigenvalue weighted by Gasteiger charge is 2.12. The van der Waals surface area contributed by atoms with Crippen LogP contribution < -0.4 is 5.32 Å². The lowest BCUT2D eigenvalue weighted by Crippen LogP contribution is -2.11. The molecule has 0 atom stereocenters. The molecule has 4 rings (SSSR count). The Morgan fingerprint density at radius 1 is 0.931 bits per heavy atom. The summed E-state index contributed by atoms with van der Waals surface area (Å²) in [6.45, 7) is 0. The van der Waals surface area contributed by atoms with Crippen molar-refractivity contribution in [2.45, 2.75) is 0 Å². The molecule has 6 nitrogen and oxygen atoms in total. The predicted octanol–water partition coefficient (Wildman–Crippen LogP) is 4.67. The minimum Gasteiger partial charge on any atom is -0.334 e. The topological polar surface area (TPSA) is 91.8 Å². The maximum absolute atomic E-state index is 13.0. The summed E-state index contributed by atoms with van der Waals surface area (Å²) in [5, 5.41) is 15.5. The summed E-state index contributed by atoms with van der Waals surface area (Å²) in [6, 6.07) is 21.1. The lowest BCUT2D eigenvalue weighted by molar-refractivity contribution is 0.102. The van der Waals surface area contributed by atoms with Crippen molar-refractivity contribution in [1.29, 1.82) is 5.26 Å². The van der Waals surface area contributed by atoms with E-state index in [9.17, 15) is 9.18 Å². The average Bonchev–Trinajstić information content (AvgIpc) is 3.25. The van der Waals surface area contributed by atoms with Crippen LogP contribution in [-0.2, 0) is 0 Å². The van der Waals surface area contributed by atoms with Crippen LogP contribution in [0.25, 0.3) is 22.8 Å². The maximum atomic E-state index is 13.0. The second-order valence-electron chi connectivity index (χ2n) is 6.15. The minimum atomic E-state index is -0.340. The third-order valence-electron chi connectivity index (χ3n) is 4.19. The third kappa shape index (κ3) is 4.01. The molecule has 4 aromatic rings. The second kappa shape index (κ2) is 7.74. The van der Waals surface area contributed by atoms with Crippen LogP contribution in [-0.4, -0.2) is 16.0 Å². The molecule has 1 heterocycles. The Hall–Kier alpha value is -4.31. The lowest BCUT2D eigenvalue weighted by Gasteiger charge is -2.05. The number of rotatable bonds is 4. The molecule has 0 radical (unpaired) electrons. The van der Waals surface area contributed by atoms with E-state index >= 15 is 0 Å². The maximum Gasteiger partial charge on any atom is 0.258 e. The first-order valence-corrected chi connectivity index (χ1v) is 8.64. The zero-order chi connectivity index (χ0) is 20.2. The van der Waals surface area contributed by atoms with Crippen LogP contribution in [0.5, 0.6) is 0 Å². The zero-order valence-electron chi connectivity index (χ0n) is 15.0. The van der Waals surface area contributed by atoms with Crippen LogP contribution in [0.2, 0.25) is 0 Å². The number of benzene rings is 3. The van der Waals surface area contributed by atoms with Crippen LogP contribution >= 0.6 is 0 Å². The van der Waals surface area contributed by atoms with Gasteiger partial charge in [-0.25, -0.2) is 4.39 Å². The molecular weight excluding hydrogens is 371 g/mol. The fourth-order valence-corrected chi connectivity index (χ4v) is 2.65. The number of aromatic nitrogens is 2. The van der Waals surface area contributed by atoms with Gasteiger partial charge in [-0.3, -0.25) is 4.79 Å². The van der Waals surface area contributed by atoms with Crippen molar-refractivity contribution < 1.29 is 13.7 Å². The van der Waals surface area contributed by atoms with Gasteiger partial charge in [0.1, 0.15) is 5.82 Å². The van der Waals surface area contributed by atoms with E-state index in [-0.39, 0.29) is 11.7 Å². The summed E-state index contributed by atoms with van der Waals surface area (Å²) in [6.07, 6.45) is 0. The van der Waals surface area contributed by atoms with Gasteiger partial charge in [0.25, 0.3) is 11.8 Å². The number of nitrogens with zero attached hydrogens (tertiary/aromatic N) is 3. The summed E-state index contributed by atoms with van der Waals surface area (Å²) in [5.74, 6) is 0.0251. The molecule has 7 heteroatoms. The molecule has 0 saturated heterocycles. The fourth-order valence-electron chi connectivity index (χ4n) is 2.65. The number of carbonyl (C=O) groups is 1. The molecule has 0 spiro atoms. The van der Waals surface area contributed by atoms with Crippen molar-refractivity contribution in [2.75, 3.05) is 5.32 Å². The Kier molecular flexibility index (Phi) is 4.82. The molecule has 140 valence electrons. The minimum absolute atomic E-state index is 0.279. The van der Waals surface area contributed by atoms with Gasteiger partial charge in [0.05, 0.1) is 11.6 Å². The van der Waals surface area contributed by atoms with E-state index < -0.39 is 0 Å². The SMILES string of the molecule is N#Cc1ccc(NC(=O)c2ccc(-c3nc(-c4ccc(F)cc4)no3)cc2)cc1. The molecule has 0 aliphatic carbocycles. The Balaban J connectivity index is 1.48. The predicted molar refractivity (Wildman–Crippen MR) is 104 cm³/mol. The number of hydrogen-bond acceptors (Lipinski definition) is 5. The standard InChI is InChI=1S/C22H13FN4O2/c23-18-9-7-15(8-10-18)20-26-22(29-27-20)17-5-3-16(4-6-17)21(28)25-19-11-1-14(13-24)2-12-19/h1-12H,(H,25,28). The fraction of sp³-hybridized carbons (Fsp3) is 0. The third-order valence-corrected chi connectivity index (χ3v) is 4.19. The van der Waals surface area contributed by atoms with E-state index in [4.69, 9.17) is 9.78 Å². The highest BCUT2D eigenvalue weighted by atomic mass is 19.1. The molecule has 1 N–H and O–H groups in total. The Labute approximate surface area is 165 Å². The highest BCUT2D eigenvalue weighted by molar-refractivity contribution is 6.04. The summed E-state index contributed by atoms with van der Waals surface area (Å²) in [4.78, 5) is 16.7. The first-order chi connectivity index (χ1) is 14.1. The van der Waals surface area contributed by atoms with Crippen LogP contribution in [0.1, 0.15) is 15.9 Å². The van der Waals surface area contributed by atoms with E-state index in [2.05, 4.69) is 15.5 Å². The number of nitrogens with one attached hydrogen (secondary N) is 1. The van der Waals surface area contributed by atoms with E-state index in [1.54, 1.807) is 60.7 Å². The number of hydrogen-bond donors (Lipinski definition) is 1. The van der Waals surface area contributed by atoms with Crippen LogP contribution in [0.4, 0.5) is 10.1 Å². The molecule has 29 heavy (non-hydrogen) atoms. The molecule has 3 aromatic carbocycles. The van der Waals surface area contributed by atoms with Gasteiger partial charge in [-0.15, -0.1) is 0 Å². The second-order valence-corrected chi connectivity index (χ2v) is 6.15. The highest BCUT2D eigenvalue weighted by Crippen LogP contribution is 2.23. The van der Waals surface area contributed by atoms with Gasteiger partial charge >= 0.3 is 0 Å². The van der Waals surface area contributed by atoms with Gasteiger partial charge in [-0.2, -0.15) is 10.2 Å². The van der Waals surface area contributed by atoms with Gasteiger partial charge in [-0.05, 0) is 72.8 Å². The Bertz CT molecular complexity index is 1190. The number of amides is 1. The summed E-state index contributed by atoms with van der Waals surface area (Å²) in [7, 11) is 0. The average molecular weight is 384 g/mol. The van der Waals surface area contributed by atoms with Crippen molar-refractivity contribution in [1.82, 2.24) is 10.1 Å². The van der Waals surface area contributed by atoms with Crippen molar-refractivity contribution >= 4 is 11.6 Å². The molecular formula is C22H13FN4O2. The van der Waals surface area contributed by atoms with E-state index in [1.807, 2.05) is 6.07 Å². The lowest BCUT2D eigenvalue weighted by atomic mass is 10.1. The molecule has 0 aliphatic rings. The molecule has 1 amide bonds. The number of anilines is 1. The number of nitriles is 1. The summed E-state index contributed by atoms with van der Waals surface area (Å²) < 4.78 is 18.3. The van der Waals surface area contributed by atoms with E-state index in [0.717, 1.165) is 0 Å². The van der Waals surface area contributed by atoms with Gasteiger partial charge in [0, 0.05) is 22.4 Å². The van der Waals surface area contributed by atoms with E-state index in [0.29, 0.717) is 39.7 Å². The Morgan fingerprint density at radius 2 is 1.59 bits per heavy atom. The first-order valence-electron chi connectivity index (χ1n) is 8.64. The molecule has 0 unspecified atom stereocenters. The van der Waals surface area contributed by atoms with Gasteiger partial charge in [0.2, 0.25) is 5.82 Å². The first kappa shape index (κ1) is 18.1. The van der Waals surface area contributed by atoms with Crippen LogP contribution in [0.3, 0.4) is 0 Å². The van der Waals surface area contributed by atoms with Crippen molar-refractivity contribution in [3.63, 3.8) is 0 Å². The monoisotopic (exact) mass is 384 g/mol. The largest absolute Gasteiger partial charge is 0.334 e. The molecule has 0 bridgehead atoms. The van der Waals surface area contributed by atoms with Crippen molar-refractivity contribution in [3.05, 3.63) is 89.7 Å². The number of halogens is 1. The van der Waals surface area contributed by atoms with Crippen LogP contribution in [0, 0.1) is 17.1 Å². The normalized spacial score (nSPS) is 10.3. The van der Waals surface area contributed by atoms with E-state index in [1.165, 1.54) is 12.1 Å². The molecule has 0 aliphatic heterocycles. The van der Waals surface area contributed by atoms with Gasteiger partial charge in [-0.1, -0.05) is 5.16 Å². The molecule has 0 saturated carbocycles. The van der Waals surface area contributed by atoms with Crippen molar-refractivity contribution in [2.24, 2.45) is 0 Å². The van der Waals surface area contributed by atoms with Crippen LogP contribution in [0.15, 0.2) is 77.3 Å².